The van der Waals surface area contributed by atoms with E-state index in [1.807, 2.05) is 38.4 Å². The summed E-state index contributed by atoms with van der Waals surface area (Å²) in [5.74, 6) is 1.70. The van der Waals surface area contributed by atoms with Gasteiger partial charge in [-0.3, -0.25) is 4.99 Å². The molecule has 0 amide bonds. The van der Waals surface area contributed by atoms with Gasteiger partial charge in [0.05, 0.1) is 0 Å². The van der Waals surface area contributed by atoms with Crippen LogP contribution in [-0.2, 0) is 12.0 Å². The highest BCUT2D eigenvalue weighted by Crippen LogP contribution is 2.21. The van der Waals surface area contributed by atoms with Gasteiger partial charge in [-0.25, -0.2) is 0 Å². The molecule has 0 radical (unpaired) electrons. The normalized spacial score (nSPS) is 12.1. The van der Waals surface area contributed by atoms with E-state index in [1.165, 1.54) is 5.56 Å². The highest BCUT2D eigenvalue weighted by molar-refractivity contribution is 5.79. The number of guanidine groups is 1. The minimum absolute atomic E-state index is 0.00603. The van der Waals surface area contributed by atoms with Crippen molar-refractivity contribution >= 4 is 5.96 Å². The number of likely N-dealkylation sites (N-methyl/N-ethyl adjacent to an activating group) is 1. The molecule has 5 heteroatoms. The first-order valence-electron chi connectivity index (χ1n) is 9.78. The van der Waals surface area contributed by atoms with Crippen LogP contribution in [0.5, 0.6) is 5.75 Å². The van der Waals surface area contributed by atoms with E-state index in [0.29, 0.717) is 13.2 Å². The predicted molar refractivity (Wildman–Crippen MR) is 118 cm³/mol. The van der Waals surface area contributed by atoms with Crippen molar-refractivity contribution in [3.05, 3.63) is 65.7 Å². The van der Waals surface area contributed by atoms with Crippen molar-refractivity contribution < 1.29 is 4.74 Å². The maximum atomic E-state index is 5.94. The van der Waals surface area contributed by atoms with E-state index in [-0.39, 0.29) is 5.41 Å². The van der Waals surface area contributed by atoms with E-state index < -0.39 is 0 Å². The highest BCUT2D eigenvalue weighted by Gasteiger charge is 2.20. The number of ether oxygens (including phenoxy) is 1. The zero-order chi connectivity index (χ0) is 20.4. The third kappa shape index (κ3) is 6.89. The summed E-state index contributed by atoms with van der Waals surface area (Å²) in [4.78, 5) is 6.47. The second-order valence-corrected chi connectivity index (χ2v) is 7.79. The summed E-state index contributed by atoms with van der Waals surface area (Å²) in [5.41, 5.74) is 2.43. The summed E-state index contributed by atoms with van der Waals surface area (Å²) in [6.45, 7) is 7.47. The lowest BCUT2D eigenvalue weighted by Gasteiger charge is -2.27. The Hall–Kier alpha value is -2.53. The topological polar surface area (TPSA) is 48.9 Å². The first-order chi connectivity index (χ1) is 13.4. The number of hydrogen-bond donors (Lipinski definition) is 2. The smallest absolute Gasteiger partial charge is 0.191 e. The molecule has 28 heavy (non-hydrogen) atoms. The fourth-order valence-electron chi connectivity index (χ4n) is 2.82. The second-order valence-electron chi connectivity index (χ2n) is 7.79. The molecule has 0 saturated heterocycles. The Kier molecular flexibility index (Phi) is 8.33. The molecule has 152 valence electrons. The molecule has 0 spiro atoms. The predicted octanol–water partition coefficient (Wildman–Crippen LogP) is 3.27. The van der Waals surface area contributed by atoms with Gasteiger partial charge < -0.3 is 20.3 Å². The number of hydrogen-bond acceptors (Lipinski definition) is 3. The van der Waals surface area contributed by atoms with Crippen molar-refractivity contribution in [1.29, 1.82) is 0 Å². The molecule has 2 N–H and O–H groups in total. The number of para-hydroxylation sites is 1. The molecule has 0 atom stereocenters. The Bertz CT molecular complexity index is 741. The number of benzene rings is 2. The summed E-state index contributed by atoms with van der Waals surface area (Å²) in [7, 11) is 5.89. The molecular formula is C23H34N4O. The Morgan fingerprint density at radius 2 is 1.68 bits per heavy atom. The van der Waals surface area contributed by atoms with Gasteiger partial charge in [0, 0.05) is 37.7 Å². The van der Waals surface area contributed by atoms with Crippen LogP contribution in [0.15, 0.2) is 59.6 Å². The zero-order valence-electron chi connectivity index (χ0n) is 17.8. The quantitative estimate of drug-likeness (QED) is 0.516. The standard InChI is InChI=1S/C23H34N4O/c1-23(2,20-12-7-6-8-13-20)18-26-22(24-3)25-17-19-11-9-10-14-21(19)28-16-15-27(4)5/h6-14H,15-18H2,1-5H3,(H2,24,25,26). The zero-order valence-corrected chi connectivity index (χ0v) is 17.8. The van der Waals surface area contributed by atoms with Gasteiger partial charge in [0.1, 0.15) is 12.4 Å². The molecule has 0 aliphatic rings. The Balaban J connectivity index is 1.90. The molecule has 5 nitrogen and oxygen atoms in total. The molecule has 0 aliphatic carbocycles. The summed E-state index contributed by atoms with van der Waals surface area (Å²) in [5, 5.41) is 6.85. The Labute approximate surface area is 169 Å². The van der Waals surface area contributed by atoms with Crippen LogP contribution >= 0.6 is 0 Å². The fraction of sp³-hybridized carbons (Fsp3) is 0.435. The molecule has 0 fully saturated rings. The lowest BCUT2D eigenvalue weighted by molar-refractivity contribution is 0.259. The summed E-state index contributed by atoms with van der Waals surface area (Å²) in [6.07, 6.45) is 0. The molecule has 0 aromatic heterocycles. The molecule has 2 aromatic carbocycles. The van der Waals surface area contributed by atoms with Crippen LogP contribution in [0.1, 0.15) is 25.0 Å². The average Bonchev–Trinajstić information content (AvgIpc) is 2.69. The van der Waals surface area contributed by atoms with E-state index in [4.69, 9.17) is 4.74 Å². The molecular weight excluding hydrogens is 348 g/mol. The van der Waals surface area contributed by atoms with Gasteiger partial charge in [0.2, 0.25) is 0 Å². The van der Waals surface area contributed by atoms with Crippen molar-refractivity contribution in [3.63, 3.8) is 0 Å². The SMILES string of the molecule is CN=C(NCc1ccccc1OCCN(C)C)NCC(C)(C)c1ccccc1. The molecule has 0 saturated carbocycles. The van der Waals surface area contributed by atoms with Crippen LogP contribution in [0.25, 0.3) is 0 Å². The van der Waals surface area contributed by atoms with Crippen molar-refractivity contribution in [2.75, 3.05) is 40.8 Å². The van der Waals surface area contributed by atoms with Crippen LogP contribution in [0.4, 0.5) is 0 Å². The summed E-state index contributed by atoms with van der Waals surface area (Å²) in [6, 6.07) is 18.7. The second kappa shape index (κ2) is 10.7. The monoisotopic (exact) mass is 382 g/mol. The molecule has 0 heterocycles. The third-order valence-corrected chi connectivity index (χ3v) is 4.69. The largest absolute Gasteiger partial charge is 0.492 e. The minimum atomic E-state index is 0.00603. The van der Waals surface area contributed by atoms with Gasteiger partial charge >= 0.3 is 0 Å². The van der Waals surface area contributed by atoms with Gasteiger partial charge in [-0.15, -0.1) is 0 Å². The third-order valence-electron chi connectivity index (χ3n) is 4.69. The number of rotatable bonds is 9. The maximum absolute atomic E-state index is 5.94. The van der Waals surface area contributed by atoms with E-state index in [0.717, 1.165) is 30.4 Å². The Morgan fingerprint density at radius 3 is 2.36 bits per heavy atom. The van der Waals surface area contributed by atoms with Crippen LogP contribution in [0, 0.1) is 0 Å². The van der Waals surface area contributed by atoms with Crippen LogP contribution < -0.4 is 15.4 Å². The molecule has 2 rings (SSSR count). The van der Waals surface area contributed by atoms with Crippen molar-refractivity contribution in [2.45, 2.75) is 25.8 Å². The first-order valence-corrected chi connectivity index (χ1v) is 9.78. The highest BCUT2D eigenvalue weighted by atomic mass is 16.5. The molecule has 2 aromatic rings. The molecule has 0 aliphatic heterocycles. The maximum Gasteiger partial charge on any atom is 0.191 e. The van der Waals surface area contributed by atoms with Gasteiger partial charge in [-0.2, -0.15) is 0 Å². The van der Waals surface area contributed by atoms with Crippen LogP contribution in [-0.4, -0.2) is 51.7 Å². The number of nitrogens with zero attached hydrogens (tertiary/aromatic N) is 2. The van der Waals surface area contributed by atoms with E-state index in [2.05, 4.69) is 64.7 Å². The Morgan fingerprint density at radius 1 is 1.00 bits per heavy atom. The first kappa shape index (κ1) is 21.8. The summed E-state index contributed by atoms with van der Waals surface area (Å²) < 4.78 is 5.94. The lowest BCUT2D eigenvalue weighted by Crippen LogP contribution is -2.43. The average molecular weight is 383 g/mol. The van der Waals surface area contributed by atoms with Crippen molar-refractivity contribution in [2.24, 2.45) is 4.99 Å². The van der Waals surface area contributed by atoms with Crippen molar-refractivity contribution in [3.8, 4) is 5.75 Å². The van der Waals surface area contributed by atoms with Crippen LogP contribution in [0.2, 0.25) is 0 Å². The van der Waals surface area contributed by atoms with Gasteiger partial charge in [-0.05, 0) is 25.7 Å². The van der Waals surface area contributed by atoms with Crippen molar-refractivity contribution in [1.82, 2.24) is 15.5 Å². The van der Waals surface area contributed by atoms with E-state index >= 15 is 0 Å². The van der Waals surface area contributed by atoms with E-state index in [9.17, 15) is 0 Å². The van der Waals surface area contributed by atoms with Gasteiger partial charge in [-0.1, -0.05) is 62.4 Å². The minimum Gasteiger partial charge on any atom is -0.492 e. The lowest BCUT2D eigenvalue weighted by atomic mass is 9.85. The fourth-order valence-corrected chi connectivity index (χ4v) is 2.82. The van der Waals surface area contributed by atoms with Gasteiger partial charge in [0.25, 0.3) is 0 Å². The van der Waals surface area contributed by atoms with E-state index in [1.54, 1.807) is 7.05 Å². The number of aliphatic imine (C=N–C) groups is 1. The van der Waals surface area contributed by atoms with Crippen LogP contribution in [0.3, 0.4) is 0 Å². The number of nitrogens with one attached hydrogen (secondary N) is 2. The van der Waals surface area contributed by atoms with Gasteiger partial charge in [0.15, 0.2) is 5.96 Å². The summed E-state index contributed by atoms with van der Waals surface area (Å²) >= 11 is 0. The molecule has 0 bridgehead atoms. The molecule has 0 unspecified atom stereocenters.